The van der Waals surface area contributed by atoms with Crippen molar-refractivity contribution in [3.8, 4) is 10.7 Å². The first kappa shape index (κ1) is 45.9. The molecule has 0 spiro atoms. The van der Waals surface area contributed by atoms with Crippen LogP contribution in [0.3, 0.4) is 0 Å². The lowest BCUT2D eigenvalue weighted by Gasteiger charge is -2.45. The van der Waals surface area contributed by atoms with E-state index in [2.05, 4.69) is 22.6 Å². The number of carbonyl (C=O) groups is 3. The van der Waals surface area contributed by atoms with E-state index in [1.54, 1.807) is 28.0 Å². The van der Waals surface area contributed by atoms with Crippen LogP contribution in [-0.2, 0) is 39.8 Å². The smallest absolute Gasteiger partial charge is 0.410 e. The fourth-order valence-corrected chi connectivity index (χ4v) is 10.1. The number of rotatable bonds is 11. The molecule has 3 fully saturated rings. The highest BCUT2D eigenvalue weighted by Gasteiger charge is 2.58. The van der Waals surface area contributed by atoms with E-state index in [1.165, 1.54) is 6.92 Å². The van der Waals surface area contributed by atoms with E-state index in [-0.39, 0.29) is 32.0 Å². The molecule has 2 aromatic heterocycles. The summed E-state index contributed by atoms with van der Waals surface area (Å²) in [5, 5.41) is 24.6. The number of unbranched alkanes of at least 4 members (excludes halogenated alkanes) is 1. The summed E-state index contributed by atoms with van der Waals surface area (Å²) in [4.78, 5) is 50.2. The largest absolute Gasteiger partial charge is 0.458 e. The van der Waals surface area contributed by atoms with Gasteiger partial charge in [0.05, 0.1) is 40.3 Å². The standard InChI is InChI=1S/C43H65N7O9S.H2/c1-11-34-43(7)37(50(41(54)59-43)19-15-14-18-49-24-30(46-47-49)38-45-29-16-12-13-17-33(29)60-38)28(5)44-23-25(2)22-42(6,55-10)35(21-32(51)27(4)39(53)57-34)58-40-36(52)31(48(8)9)20-26(3)56-40;/h12-13,16-17,24-28,31,34-37,40,44,52H,11,14-15,18-23H2,1-10H3;1H/t25-,26-,27-,28-,31?,34-,35-,36?,37-,40+,42-,43-;/m1./s1. The quantitative estimate of drug-likeness (QED) is 0.144. The number of esters is 1. The van der Waals surface area contributed by atoms with Gasteiger partial charge < -0.3 is 39.0 Å². The summed E-state index contributed by atoms with van der Waals surface area (Å²) in [6.45, 7) is 14.7. The molecule has 60 heavy (non-hydrogen) atoms. The average molecular weight is 858 g/mol. The molecule has 3 aliphatic rings. The molecule has 12 atom stereocenters. The number of thiazole rings is 1. The van der Waals surface area contributed by atoms with E-state index in [1.807, 2.05) is 84.1 Å². The van der Waals surface area contributed by atoms with Crippen molar-refractivity contribution in [2.45, 2.75) is 154 Å². The van der Waals surface area contributed by atoms with E-state index >= 15 is 0 Å². The number of benzene rings is 1. The number of aliphatic hydroxyl groups is 1. The normalized spacial score (nSPS) is 34.9. The number of nitrogens with zero attached hydrogens (tertiary/aromatic N) is 6. The Morgan fingerprint density at radius 1 is 1.10 bits per heavy atom. The second-order valence-electron chi connectivity index (χ2n) is 17.7. The Bertz CT molecular complexity index is 1920. The number of carbonyl (C=O) groups excluding carboxylic acids is 3. The molecule has 1 amide bonds. The Balaban J connectivity index is 0.00000704. The molecule has 0 aliphatic carbocycles. The number of aliphatic hydroxyl groups excluding tert-OH is 1. The number of para-hydroxylation sites is 1. The molecule has 17 heteroatoms. The van der Waals surface area contributed by atoms with Gasteiger partial charge in [-0.1, -0.05) is 31.2 Å². The Morgan fingerprint density at radius 2 is 1.83 bits per heavy atom. The lowest BCUT2D eigenvalue weighted by molar-refractivity contribution is -0.289. The number of ether oxygens (including phenoxy) is 5. The van der Waals surface area contributed by atoms with Crippen LogP contribution in [0.4, 0.5) is 4.79 Å². The predicted octanol–water partition coefficient (Wildman–Crippen LogP) is 5.31. The first-order chi connectivity index (χ1) is 28.5. The van der Waals surface area contributed by atoms with Crippen LogP contribution in [0, 0.1) is 11.8 Å². The fourth-order valence-electron chi connectivity index (χ4n) is 9.20. The number of likely N-dealkylation sites (N-methyl/N-ethyl adjacent to an activating group) is 1. The van der Waals surface area contributed by atoms with Crippen LogP contribution >= 0.6 is 11.3 Å². The monoisotopic (exact) mass is 857 g/mol. The first-order valence-corrected chi connectivity index (χ1v) is 22.2. The van der Waals surface area contributed by atoms with Crippen LogP contribution in [0.2, 0.25) is 0 Å². The second-order valence-corrected chi connectivity index (χ2v) is 18.7. The lowest BCUT2D eigenvalue weighted by Crippen LogP contribution is -2.61. The Hall–Kier alpha value is -3.58. The minimum absolute atomic E-state index is 0. The summed E-state index contributed by atoms with van der Waals surface area (Å²) in [7, 11) is 5.39. The zero-order chi connectivity index (χ0) is 43.5. The van der Waals surface area contributed by atoms with Gasteiger partial charge in [-0.15, -0.1) is 16.4 Å². The second kappa shape index (κ2) is 19.2. The highest BCUT2D eigenvalue weighted by molar-refractivity contribution is 7.21. The number of hydrogen-bond acceptors (Lipinski definition) is 15. The molecule has 3 aliphatic heterocycles. The van der Waals surface area contributed by atoms with E-state index < -0.39 is 65.6 Å². The number of methoxy groups -OCH3 is 1. The van der Waals surface area contributed by atoms with Crippen molar-refractivity contribution < 1.29 is 44.6 Å². The van der Waals surface area contributed by atoms with E-state index in [0.717, 1.165) is 27.3 Å². The van der Waals surface area contributed by atoms with Crippen molar-refractivity contribution in [1.29, 1.82) is 0 Å². The maximum Gasteiger partial charge on any atom is 0.410 e. The van der Waals surface area contributed by atoms with Crippen molar-refractivity contribution in [2.75, 3.05) is 34.3 Å². The average Bonchev–Trinajstić information content (AvgIpc) is 3.93. The topological polar surface area (TPSA) is 180 Å². The number of nitrogens with one attached hydrogen (secondary N) is 1. The number of amides is 1. The van der Waals surface area contributed by atoms with E-state index in [9.17, 15) is 19.5 Å². The van der Waals surface area contributed by atoms with Crippen molar-refractivity contribution in [1.82, 2.24) is 35.1 Å². The highest BCUT2D eigenvalue weighted by Crippen LogP contribution is 2.39. The molecule has 3 saturated heterocycles. The lowest BCUT2D eigenvalue weighted by atomic mass is 9.83. The summed E-state index contributed by atoms with van der Waals surface area (Å²) in [5.41, 5.74) is -0.592. The summed E-state index contributed by atoms with van der Waals surface area (Å²) in [6.07, 6.45) is 0.148. The van der Waals surface area contributed by atoms with Gasteiger partial charge in [0, 0.05) is 40.1 Å². The zero-order valence-corrected chi connectivity index (χ0v) is 37.6. The zero-order valence-electron chi connectivity index (χ0n) is 36.8. The number of cyclic esters (lactones) is 1. The highest BCUT2D eigenvalue weighted by atomic mass is 32.1. The maximum absolute atomic E-state index is 14.1. The number of ketones is 1. The Kier molecular flexibility index (Phi) is 14.7. The van der Waals surface area contributed by atoms with Gasteiger partial charge in [-0.2, -0.15) is 0 Å². The van der Waals surface area contributed by atoms with Gasteiger partial charge in [0.15, 0.2) is 11.9 Å². The van der Waals surface area contributed by atoms with Crippen LogP contribution in [-0.4, -0.2) is 147 Å². The predicted molar refractivity (Wildman–Crippen MR) is 228 cm³/mol. The first-order valence-electron chi connectivity index (χ1n) is 21.4. The Labute approximate surface area is 359 Å². The molecular weight excluding hydrogens is 791 g/mol. The number of hydrogen-bond donors (Lipinski definition) is 2. The number of fused-ring (bicyclic) bond motifs is 2. The number of Topliss-reactive ketones (excluding diaryl/α,β-unsaturated/α-hetero) is 1. The molecule has 16 nitrogen and oxygen atoms in total. The van der Waals surface area contributed by atoms with Crippen molar-refractivity contribution in [3.63, 3.8) is 0 Å². The summed E-state index contributed by atoms with van der Waals surface area (Å²) in [6, 6.07) is 6.96. The summed E-state index contributed by atoms with van der Waals surface area (Å²) >= 11 is 1.58. The molecule has 0 bridgehead atoms. The molecule has 2 N–H and O–H groups in total. The van der Waals surface area contributed by atoms with Crippen LogP contribution < -0.4 is 5.32 Å². The van der Waals surface area contributed by atoms with Gasteiger partial charge >= 0.3 is 12.1 Å². The molecule has 334 valence electrons. The van der Waals surface area contributed by atoms with Gasteiger partial charge in [-0.25, -0.2) is 9.78 Å². The minimum Gasteiger partial charge on any atom is -0.458 e. The van der Waals surface area contributed by atoms with Gasteiger partial charge in [0.1, 0.15) is 34.6 Å². The third-order valence-electron chi connectivity index (χ3n) is 12.8. The van der Waals surface area contributed by atoms with Crippen LogP contribution in [0.5, 0.6) is 0 Å². The van der Waals surface area contributed by atoms with E-state index in [4.69, 9.17) is 28.7 Å². The van der Waals surface area contributed by atoms with Gasteiger partial charge in [0.25, 0.3) is 0 Å². The third kappa shape index (κ3) is 9.87. The maximum atomic E-state index is 14.1. The van der Waals surface area contributed by atoms with Crippen LogP contribution in [0.1, 0.15) is 88.4 Å². The molecule has 0 radical (unpaired) electrons. The molecule has 3 aromatic rings. The third-order valence-corrected chi connectivity index (χ3v) is 13.8. The molecule has 6 rings (SSSR count). The Morgan fingerprint density at radius 3 is 2.53 bits per heavy atom. The van der Waals surface area contributed by atoms with Crippen molar-refractivity contribution in [2.24, 2.45) is 11.8 Å². The SMILES string of the molecule is CC[C@H]1OC(=O)[C@H](C)C(=O)C[C@@H](O[C@@H]2O[C@H](C)CC(N(C)C)C2O)[C@](C)(OC)C[C@@H](C)CN[C@H](C)[C@H]2N(CCCCn3cc(-c4nc5ccccc5s4)nn3)C(=O)O[C@]12C.[HH]. The van der Waals surface area contributed by atoms with E-state index in [0.29, 0.717) is 45.3 Å². The van der Waals surface area contributed by atoms with Gasteiger partial charge in [-0.05, 0) is 105 Å². The minimum atomic E-state index is -1.22. The summed E-state index contributed by atoms with van der Waals surface area (Å²) in [5.74, 6) is -2.26. The number of aromatic nitrogens is 4. The van der Waals surface area contributed by atoms with Gasteiger partial charge in [-0.3, -0.25) is 19.2 Å². The van der Waals surface area contributed by atoms with Crippen molar-refractivity contribution >= 4 is 39.4 Å². The molecular formula is C43H67N7O9S. The summed E-state index contributed by atoms with van der Waals surface area (Å²) < 4.78 is 34.2. The van der Waals surface area contributed by atoms with Gasteiger partial charge in [0.2, 0.25) is 0 Å². The molecule has 1 aromatic carbocycles. The van der Waals surface area contributed by atoms with Crippen LogP contribution in [0.25, 0.3) is 20.9 Å². The fraction of sp³-hybridized carbons (Fsp3) is 0.721. The number of aryl methyl sites for hydroxylation is 1. The molecule has 2 unspecified atom stereocenters. The van der Waals surface area contributed by atoms with Crippen molar-refractivity contribution in [3.05, 3.63) is 30.5 Å². The molecule has 0 saturated carbocycles. The van der Waals surface area contributed by atoms with Crippen LogP contribution in [0.15, 0.2) is 30.5 Å². The molecule has 5 heterocycles.